The molecule has 1 N–H and O–H groups in total. The SMILES string of the molecule is CCCNC(c1cc(C)ccc1C)c1occc1Br. The van der Waals surface area contributed by atoms with E-state index in [0.717, 1.165) is 23.2 Å². The topological polar surface area (TPSA) is 25.2 Å². The van der Waals surface area contributed by atoms with E-state index in [1.165, 1.54) is 16.7 Å². The van der Waals surface area contributed by atoms with Gasteiger partial charge in [0.15, 0.2) is 0 Å². The molecule has 2 nitrogen and oxygen atoms in total. The van der Waals surface area contributed by atoms with Gasteiger partial charge in [-0.3, -0.25) is 0 Å². The third-order valence-corrected chi connectivity index (χ3v) is 3.91. The van der Waals surface area contributed by atoms with Crippen LogP contribution in [0.1, 0.15) is 41.8 Å². The standard InChI is InChI=1S/C16H20BrNO/c1-4-8-18-15(16-14(17)7-9-19-16)13-10-11(2)5-6-12(13)3/h5-7,9-10,15,18H,4,8H2,1-3H3. The number of aryl methyl sites for hydroxylation is 2. The number of nitrogens with one attached hydrogen (secondary N) is 1. The van der Waals surface area contributed by atoms with Crippen LogP contribution in [-0.2, 0) is 0 Å². The summed E-state index contributed by atoms with van der Waals surface area (Å²) in [4.78, 5) is 0. The van der Waals surface area contributed by atoms with E-state index in [1.54, 1.807) is 6.26 Å². The van der Waals surface area contributed by atoms with Crippen molar-refractivity contribution in [3.8, 4) is 0 Å². The van der Waals surface area contributed by atoms with Gasteiger partial charge >= 0.3 is 0 Å². The first-order valence-electron chi connectivity index (χ1n) is 6.67. The molecule has 0 aliphatic rings. The van der Waals surface area contributed by atoms with E-state index in [2.05, 4.69) is 60.2 Å². The van der Waals surface area contributed by atoms with Crippen LogP contribution in [0.25, 0.3) is 0 Å². The summed E-state index contributed by atoms with van der Waals surface area (Å²) in [7, 11) is 0. The van der Waals surface area contributed by atoms with E-state index in [9.17, 15) is 0 Å². The molecule has 102 valence electrons. The molecular weight excluding hydrogens is 302 g/mol. The predicted molar refractivity (Wildman–Crippen MR) is 82.5 cm³/mol. The fraction of sp³-hybridized carbons (Fsp3) is 0.375. The molecule has 2 aromatic rings. The lowest BCUT2D eigenvalue weighted by Gasteiger charge is -2.20. The molecule has 0 saturated carbocycles. The molecule has 0 fully saturated rings. The molecule has 0 amide bonds. The van der Waals surface area contributed by atoms with Crippen molar-refractivity contribution in [1.82, 2.24) is 5.32 Å². The molecule has 0 bridgehead atoms. The van der Waals surface area contributed by atoms with Crippen LogP contribution in [0, 0.1) is 13.8 Å². The van der Waals surface area contributed by atoms with Gasteiger partial charge in [-0.25, -0.2) is 0 Å². The zero-order chi connectivity index (χ0) is 13.8. The molecular formula is C16H20BrNO. The maximum absolute atomic E-state index is 5.66. The largest absolute Gasteiger partial charge is 0.466 e. The van der Waals surface area contributed by atoms with Crippen LogP contribution in [0.15, 0.2) is 39.4 Å². The van der Waals surface area contributed by atoms with E-state index in [0.29, 0.717) is 0 Å². The first kappa shape index (κ1) is 14.4. The van der Waals surface area contributed by atoms with Crippen LogP contribution in [0.5, 0.6) is 0 Å². The second kappa shape index (κ2) is 6.40. The molecule has 0 spiro atoms. The van der Waals surface area contributed by atoms with Crippen molar-refractivity contribution in [2.24, 2.45) is 0 Å². The minimum absolute atomic E-state index is 0.101. The van der Waals surface area contributed by atoms with Crippen molar-refractivity contribution in [2.45, 2.75) is 33.2 Å². The molecule has 3 heteroatoms. The van der Waals surface area contributed by atoms with Crippen molar-refractivity contribution in [1.29, 1.82) is 0 Å². The third-order valence-electron chi connectivity index (χ3n) is 3.25. The van der Waals surface area contributed by atoms with Crippen LogP contribution in [-0.4, -0.2) is 6.54 Å². The highest BCUT2D eigenvalue weighted by Gasteiger charge is 2.21. The summed E-state index contributed by atoms with van der Waals surface area (Å²) in [5.41, 5.74) is 3.83. The van der Waals surface area contributed by atoms with Crippen LogP contribution >= 0.6 is 15.9 Å². The number of halogens is 1. The van der Waals surface area contributed by atoms with E-state index >= 15 is 0 Å². The van der Waals surface area contributed by atoms with Gasteiger partial charge in [0.05, 0.1) is 16.8 Å². The van der Waals surface area contributed by atoms with Gasteiger partial charge in [-0.15, -0.1) is 0 Å². The fourth-order valence-electron chi connectivity index (χ4n) is 2.21. The van der Waals surface area contributed by atoms with Crippen LogP contribution in [0.3, 0.4) is 0 Å². The van der Waals surface area contributed by atoms with Gasteiger partial charge < -0.3 is 9.73 Å². The molecule has 2 rings (SSSR count). The average molecular weight is 322 g/mol. The van der Waals surface area contributed by atoms with Crippen molar-refractivity contribution < 1.29 is 4.42 Å². The molecule has 0 saturated heterocycles. The Morgan fingerprint density at radius 2 is 2.05 bits per heavy atom. The molecule has 0 radical (unpaired) electrons. The van der Waals surface area contributed by atoms with Gasteiger partial charge in [0.2, 0.25) is 0 Å². The molecule has 1 aromatic carbocycles. The summed E-state index contributed by atoms with van der Waals surface area (Å²) in [6, 6.07) is 8.59. The van der Waals surface area contributed by atoms with E-state index in [1.807, 2.05) is 6.07 Å². The van der Waals surface area contributed by atoms with Gasteiger partial charge in [0.25, 0.3) is 0 Å². The van der Waals surface area contributed by atoms with Crippen LogP contribution < -0.4 is 5.32 Å². The molecule has 1 aromatic heterocycles. The zero-order valence-electron chi connectivity index (χ0n) is 11.7. The lowest BCUT2D eigenvalue weighted by atomic mass is 9.97. The minimum Gasteiger partial charge on any atom is -0.466 e. The van der Waals surface area contributed by atoms with Crippen molar-refractivity contribution in [3.05, 3.63) is 57.5 Å². The van der Waals surface area contributed by atoms with Crippen molar-refractivity contribution in [3.63, 3.8) is 0 Å². The third kappa shape index (κ3) is 3.28. The highest BCUT2D eigenvalue weighted by molar-refractivity contribution is 9.10. The lowest BCUT2D eigenvalue weighted by Crippen LogP contribution is -2.24. The Hall–Kier alpha value is -1.06. The molecule has 1 atom stereocenters. The number of furan rings is 1. The molecule has 1 heterocycles. The summed E-state index contributed by atoms with van der Waals surface area (Å²) >= 11 is 3.57. The quantitative estimate of drug-likeness (QED) is 0.859. The first-order valence-corrected chi connectivity index (χ1v) is 7.46. The van der Waals surface area contributed by atoms with Gasteiger partial charge in [0, 0.05) is 0 Å². The van der Waals surface area contributed by atoms with Gasteiger partial charge in [-0.05, 0) is 59.9 Å². The lowest BCUT2D eigenvalue weighted by molar-refractivity contribution is 0.443. The van der Waals surface area contributed by atoms with Crippen molar-refractivity contribution >= 4 is 15.9 Å². The Morgan fingerprint density at radius 1 is 1.26 bits per heavy atom. The summed E-state index contributed by atoms with van der Waals surface area (Å²) in [6.07, 6.45) is 2.82. The van der Waals surface area contributed by atoms with Crippen LogP contribution in [0.4, 0.5) is 0 Å². The molecule has 19 heavy (non-hydrogen) atoms. The van der Waals surface area contributed by atoms with Crippen molar-refractivity contribution in [2.75, 3.05) is 6.54 Å². The molecule has 1 unspecified atom stereocenters. The number of hydrogen-bond donors (Lipinski definition) is 1. The Labute approximate surface area is 123 Å². The summed E-state index contributed by atoms with van der Waals surface area (Å²) in [6.45, 7) is 7.40. The Kier molecular flexibility index (Phi) is 4.83. The monoisotopic (exact) mass is 321 g/mol. The Balaban J connectivity index is 2.42. The van der Waals surface area contributed by atoms with E-state index in [-0.39, 0.29) is 6.04 Å². The number of benzene rings is 1. The maximum atomic E-state index is 5.66. The second-order valence-corrected chi connectivity index (χ2v) is 5.73. The molecule has 0 aliphatic heterocycles. The molecule has 0 aliphatic carbocycles. The summed E-state index contributed by atoms with van der Waals surface area (Å²) < 4.78 is 6.68. The average Bonchev–Trinajstić information content (AvgIpc) is 2.80. The number of hydrogen-bond acceptors (Lipinski definition) is 2. The summed E-state index contributed by atoms with van der Waals surface area (Å²) in [5.74, 6) is 0.946. The smallest absolute Gasteiger partial charge is 0.139 e. The second-order valence-electron chi connectivity index (χ2n) is 4.88. The van der Waals surface area contributed by atoms with Gasteiger partial charge in [-0.1, -0.05) is 30.7 Å². The minimum atomic E-state index is 0.101. The highest BCUT2D eigenvalue weighted by Crippen LogP contribution is 2.31. The van der Waals surface area contributed by atoms with Gasteiger partial charge in [-0.2, -0.15) is 0 Å². The maximum Gasteiger partial charge on any atom is 0.139 e. The Morgan fingerprint density at radius 3 is 2.68 bits per heavy atom. The van der Waals surface area contributed by atoms with Crippen LogP contribution in [0.2, 0.25) is 0 Å². The first-order chi connectivity index (χ1) is 9.13. The highest BCUT2D eigenvalue weighted by atomic mass is 79.9. The van der Waals surface area contributed by atoms with E-state index in [4.69, 9.17) is 4.42 Å². The fourth-order valence-corrected chi connectivity index (χ4v) is 2.65. The van der Waals surface area contributed by atoms with Gasteiger partial charge in [0.1, 0.15) is 5.76 Å². The zero-order valence-corrected chi connectivity index (χ0v) is 13.3. The Bertz CT molecular complexity index is 547. The predicted octanol–water partition coefficient (Wildman–Crippen LogP) is 4.75. The van der Waals surface area contributed by atoms with E-state index < -0.39 is 0 Å². The summed E-state index contributed by atoms with van der Waals surface area (Å²) in [5, 5.41) is 3.57. The number of rotatable bonds is 5. The normalized spacial score (nSPS) is 12.6.